The molecular weight excluding hydrogens is 140 g/mol. The van der Waals surface area contributed by atoms with Crippen LogP contribution in [0.4, 0.5) is 0 Å². The van der Waals surface area contributed by atoms with Gasteiger partial charge in [0.2, 0.25) is 0 Å². The number of Topliss-reactive ketones (excluding diaryl/α,β-unsaturated/α-hetero) is 1. The molecule has 0 amide bonds. The van der Waals surface area contributed by atoms with E-state index in [0.29, 0.717) is 5.57 Å². The van der Waals surface area contributed by atoms with Gasteiger partial charge in [-0.05, 0) is 19.9 Å². The second-order valence-electron chi connectivity index (χ2n) is 2.05. The highest BCUT2D eigenvalue weighted by molar-refractivity contribution is 5.96. The standard InChI is InChI=1S/C9H12O2/c1-4-6-9(11)8(5-2)7(3)10/h4-6,11H,1H2,2-3H3/b8-5-,9-6+. The molecule has 0 saturated carbocycles. The van der Waals surface area contributed by atoms with Crippen molar-refractivity contribution >= 4 is 5.78 Å². The first-order valence-electron chi connectivity index (χ1n) is 3.32. The average Bonchev–Trinajstić information content (AvgIpc) is 1.88. The molecule has 11 heavy (non-hydrogen) atoms. The molecule has 2 heteroatoms. The molecule has 0 bridgehead atoms. The molecule has 1 N–H and O–H groups in total. The summed E-state index contributed by atoms with van der Waals surface area (Å²) in [5, 5.41) is 9.18. The molecule has 0 aromatic carbocycles. The summed E-state index contributed by atoms with van der Waals surface area (Å²) < 4.78 is 0. The van der Waals surface area contributed by atoms with E-state index in [0.717, 1.165) is 0 Å². The van der Waals surface area contributed by atoms with Crippen LogP contribution in [0.3, 0.4) is 0 Å². The number of aliphatic hydroxyl groups is 1. The van der Waals surface area contributed by atoms with E-state index in [1.54, 1.807) is 13.0 Å². The van der Waals surface area contributed by atoms with Crippen LogP contribution in [0.15, 0.2) is 36.1 Å². The van der Waals surface area contributed by atoms with E-state index in [2.05, 4.69) is 6.58 Å². The zero-order valence-electron chi connectivity index (χ0n) is 6.79. The molecule has 0 aromatic heterocycles. The van der Waals surface area contributed by atoms with Crippen molar-refractivity contribution < 1.29 is 9.90 Å². The first kappa shape index (κ1) is 9.69. The van der Waals surface area contributed by atoms with Gasteiger partial charge in [0, 0.05) is 0 Å². The predicted molar refractivity (Wildman–Crippen MR) is 45.3 cm³/mol. The highest BCUT2D eigenvalue weighted by Gasteiger charge is 2.05. The lowest BCUT2D eigenvalue weighted by molar-refractivity contribution is -0.113. The summed E-state index contributed by atoms with van der Waals surface area (Å²) >= 11 is 0. The second kappa shape index (κ2) is 4.50. The van der Waals surface area contributed by atoms with Crippen molar-refractivity contribution in [3.63, 3.8) is 0 Å². The molecule has 0 saturated heterocycles. The van der Waals surface area contributed by atoms with E-state index < -0.39 is 0 Å². The summed E-state index contributed by atoms with van der Waals surface area (Å²) in [6, 6.07) is 0. The van der Waals surface area contributed by atoms with Gasteiger partial charge in [-0.25, -0.2) is 0 Å². The Morgan fingerprint density at radius 3 is 2.36 bits per heavy atom. The summed E-state index contributed by atoms with van der Waals surface area (Å²) in [6.45, 7) is 6.51. The van der Waals surface area contributed by atoms with Gasteiger partial charge in [0.25, 0.3) is 0 Å². The summed E-state index contributed by atoms with van der Waals surface area (Å²) in [5.41, 5.74) is 0.324. The number of allylic oxidation sites excluding steroid dienone is 4. The normalized spacial score (nSPS) is 12.9. The zero-order valence-corrected chi connectivity index (χ0v) is 6.79. The minimum absolute atomic E-state index is 0.0324. The molecule has 60 valence electrons. The monoisotopic (exact) mass is 152 g/mol. The maximum atomic E-state index is 10.8. The van der Waals surface area contributed by atoms with E-state index in [-0.39, 0.29) is 11.5 Å². The predicted octanol–water partition coefficient (Wildman–Crippen LogP) is 2.15. The van der Waals surface area contributed by atoms with E-state index in [4.69, 9.17) is 0 Å². The summed E-state index contributed by atoms with van der Waals surface area (Å²) in [5.74, 6) is -0.182. The van der Waals surface area contributed by atoms with Crippen molar-refractivity contribution in [1.82, 2.24) is 0 Å². The number of carbonyl (C=O) groups excluding carboxylic acids is 1. The second-order valence-corrected chi connectivity index (χ2v) is 2.05. The SMILES string of the molecule is C=C/C=C(O)\C(=C/C)C(C)=O. The van der Waals surface area contributed by atoms with Crippen molar-refractivity contribution in [3.8, 4) is 0 Å². The van der Waals surface area contributed by atoms with E-state index in [1.807, 2.05) is 0 Å². The third-order valence-electron chi connectivity index (χ3n) is 1.22. The van der Waals surface area contributed by atoms with Crippen LogP contribution in [0.5, 0.6) is 0 Å². The highest BCUT2D eigenvalue weighted by Crippen LogP contribution is 2.07. The Labute approximate surface area is 66.5 Å². The summed E-state index contributed by atoms with van der Waals surface area (Å²) in [7, 11) is 0. The Morgan fingerprint density at radius 2 is 2.09 bits per heavy atom. The smallest absolute Gasteiger partial charge is 0.163 e. The van der Waals surface area contributed by atoms with Gasteiger partial charge in [0.15, 0.2) is 5.78 Å². The Bertz CT molecular complexity index is 222. The maximum Gasteiger partial charge on any atom is 0.163 e. The van der Waals surface area contributed by atoms with E-state index in [1.165, 1.54) is 19.1 Å². The molecule has 0 heterocycles. The van der Waals surface area contributed by atoms with Crippen molar-refractivity contribution in [2.75, 3.05) is 0 Å². The molecule has 0 spiro atoms. The lowest BCUT2D eigenvalue weighted by atomic mass is 10.1. The minimum Gasteiger partial charge on any atom is -0.507 e. The molecule has 0 unspecified atom stereocenters. The molecule has 0 aliphatic carbocycles. The van der Waals surface area contributed by atoms with Gasteiger partial charge in [0.05, 0.1) is 5.57 Å². The molecule has 0 aromatic rings. The Morgan fingerprint density at radius 1 is 1.55 bits per heavy atom. The summed E-state index contributed by atoms with van der Waals surface area (Å²) in [6.07, 6.45) is 4.39. The minimum atomic E-state index is -0.150. The number of hydrogen-bond acceptors (Lipinski definition) is 2. The average molecular weight is 152 g/mol. The van der Waals surface area contributed by atoms with E-state index >= 15 is 0 Å². The molecule has 0 rings (SSSR count). The van der Waals surface area contributed by atoms with Crippen LogP contribution >= 0.6 is 0 Å². The fourth-order valence-electron chi connectivity index (χ4n) is 0.733. The number of carbonyl (C=O) groups is 1. The number of ketones is 1. The van der Waals surface area contributed by atoms with Crippen LogP contribution in [0, 0.1) is 0 Å². The molecule has 0 aliphatic heterocycles. The molecule has 0 radical (unpaired) electrons. The summed E-state index contributed by atoms with van der Waals surface area (Å²) in [4.78, 5) is 10.8. The van der Waals surface area contributed by atoms with Gasteiger partial charge < -0.3 is 5.11 Å². The Balaban J connectivity index is 4.67. The molecule has 0 aliphatic rings. The maximum absolute atomic E-state index is 10.8. The molecule has 2 nitrogen and oxygen atoms in total. The van der Waals surface area contributed by atoms with Crippen LogP contribution < -0.4 is 0 Å². The Hall–Kier alpha value is -1.31. The number of rotatable bonds is 3. The fraction of sp³-hybridized carbons (Fsp3) is 0.222. The first-order valence-corrected chi connectivity index (χ1v) is 3.32. The van der Waals surface area contributed by atoms with Gasteiger partial charge in [0.1, 0.15) is 5.76 Å². The topological polar surface area (TPSA) is 37.3 Å². The van der Waals surface area contributed by atoms with Gasteiger partial charge in [-0.3, -0.25) is 4.79 Å². The fourth-order valence-corrected chi connectivity index (χ4v) is 0.733. The quantitative estimate of drug-likeness (QED) is 0.382. The van der Waals surface area contributed by atoms with Gasteiger partial charge in [-0.1, -0.05) is 18.7 Å². The van der Waals surface area contributed by atoms with Gasteiger partial charge >= 0.3 is 0 Å². The lowest BCUT2D eigenvalue weighted by Crippen LogP contribution is -1.98. The molecule has 0 atom stereocenters. The van der Waals surface area contributed by atoms with Crippen molar-refractivity contribution in [2.45, 2.75) is 13.8 Å². The van der Waals surface area contributed by atoms with Gasteiger partial charge in [-0.2, -0.15) is 0 Å². The van der Waals surface area contributed by atoms with Crippen LogP contribution in [-0.4, -0.2) is 10.9 Å². The van der Waals surface area contributed by atoms with Gasteiger partial charge in [-0.15, -0.1) is 0 Å². The third kappa shape index (κ3) is 2.85. The van der Waals surface area contributed by atoms with Crippen LogP contribution in [0.1, 0.15) is 13.8 Å². The molecule has 0 fully saturated rings. The van der Waals surface area contributed by atoms with Crippen molar-refractivity contribution in [3.05, 3.63) is 36.1 Å². The first-order chi connectivity index (χ1) is 5.13. The van der Waals surface area contributed by atoms with Crippen LogP contribution in [-0.2, 0) is 4.79 Å². The van der Waals surface area contributed by atoms with Crippen molar-refractivity contribution in [1.29, 1.82) is 0 Å². The largest absolute Gasteiger partial charge is 0.507 e. The third-order valence-corrected chi connectivity index (χ3v) is 1.22. The zero-order chi connectivity index (χ0) is 8.85. The van der Waals surface area contributed by atoms with Crippen LogP contribution in [0.25, 0.3) is 0 Å². The molecular formula is C9H12O2. The Kier molecular flexibility index (Phi) is 3.96. The van der Waals surface area contributed by atoms with Crippen LogP contribution in [0.2, 0.25) is 0 Å². The highest BCUT2D eigenvalue weighted by atomic mass is 16.3. The van der Waals surface area contributed by atoms with E-state index in [9.17, 15) is 9.90 Å². The number of hydrogen-bond donors (Lipinski definition) is 1. The lowest BCUT2D eigenvalue weighted by Gasteiger charge is -1.98. The number of aliphatic hydroxyl groups excluding tert-OH is 1. The van der Waals surface area contributed by atoms with Crippen molar-refractivity contribution in [2.24, 2.45) is 0 Å².